The minimum Gasteiger partial charge on any atom is -0.315 e. The van der Waals surface area contributed by atoms with Gasteiger partial charge >= 0.3 is 0 Å². The molecule has 2 rings (SSSR count). The molecule has 0 radical (unpaired) electrons. The first-order valence-corrected chi connectivity index (χ1v) is 10.00. The zero-order valence-electron chi connectivity index (χ0n) is 11.9. The Morgan fingerprint density at radius 1 is 1.50 bits per heavy atom. The lowest BCUT2D eigenvalue weighted by molar-refractivity contribution is 0.246. The lowest BCUT2D eigenvalue weighted by Gasteiger charge is -2.34. The highest BCUT2D eigenvalue weighted by Gasteiger charge is 2.34. The molecule has 0 bridgehead atoms. The molecule has 0 amide bonds. The Balaban J connectivity index is 2.28. The highest BCUT2D eigenvalue weighted by Crippen LogP contribution is 2.33. The minimum atomic E-state index is -3.38. The maximum atomic E-state index is 12.9. The zero-order chi connectivity index (χ0) is 14.8. The van der Waals surface area contributed by atoms with Crippen molar-refractivity contribution in [2.45, 2.75) is 44.0 Å². The van der Waals surface area contributed by atoms with Crippen molar-refractivity contribution in [3.63, 3.8) is 0 Å². The molecular weight excluding hydrogens is 360 g/mol. The quantitative estimate of drug-likeness (QED) is 0.853. The Bertz CT molecular complexity index is 557. The molecule has 0 aromatic carbocycles. The van der Waals surface area contributed by atoms with Gasteiger partial charge < -0.3 is 5.32 Å². The fraction of sp³-hybridized carbons (Fsp3) is 0.692. The van der Waals surface area contributed by atoms with Gasteiger partial charge in [-0.1, -0.05) is 13.3 Å². The van der Waals surface area contributed by atoms with Gasteiger partial charge in [0, 0.05) is 24.0 Å². The Labute approximate surface area is 133 Å². The molecule has 1 aliphatic rings. The average Bonchev–Trinajstić information content (AvgIpc) is 2.76. The van der Waals surface area contributed by atoms with Crippen LogP contribution in [0.25, 0.3) is 0 Å². The van der Waals surface area contributed by atoms with Gasteiger partial charge in [0.05, 0.1) is 8.68 Å². The van der Waals surface area contributed by atoms with Crippen molar-refractivity contribution in [1.29, 1.82) is 0 Å². The first kappa shape index (κ1) is 16.4. The number of thiophene rings is 1. The van der Waals surface area contributed by atoms with Crippen molar-refractivity contribution in [3.8, 4) is 0 Å². The number of rotatable bonds is 5. The first-order valence-electron chi connectivity index (χ1n) is 6.95. The van der Waals surface area contributed by atoms with Crippen molar-refractivity contribution < 1.29 is 8.42 Å². The van der Waals surface area contributed by atoms with Gasteiger partial charge in [0.25, 0.3) is 0 Å². The molecule has 1 atom stereocenters. The monoisotopic (exact) mass is 380 g/mol. The summed E-state index contributed by atoms with van der Waals surface area (Å²) in [6, 6.07) is 1.81. The van der Waals surface area contributed by atoms with Gasteiger partial charge in [-0.05, 0) is 48.3 Å². The number of sulfonamides is 1. The van der Waals surface area contributed by atoms with Gasteiger partial charge in [0.2, 0.25) is 10.0 Å². The van der Waals surface area contributed by atoms with E-state index in [0.29, 0.717) is 11.4 Å². The first-order chi connectivity index (χ1) is 9.46. The van der Waals surface area contributed by atoms with Crippen LogP contribution in [0.15, 0.2) is 14.7 Å². The molecule has 1 unspecified atom stereocenters. The van der Waals surface area contributed by atoms with E-state index in [1.165, 1.54) is 11.3 Å². The molecule has 7 heteroatoms. The van der Waals surface area contributed by atoms with Gasteiger partial charge in [-0.25, -0.2) is 8.42 Å². The van der Waals surface area contributed by atoms with Crippen molar-refractivity contribution in [1.82, 2.24) is 9.62 Å². The van der Waals surface area contributed by atoms with Crippen molar-refractivity contribution in [2.24, 2.45) is 0 Å². The third kappa shape index (κ3) is 3.44. The Morgan fingerprint density at radius 3 is 2.85 bits per heavy atom. The van der Waals surface area contributed by atoms with E-state index in [1.807, 2.05) is 13.8 Å². The highest BCUT2D eigenvalue weighted by atomic mass is 79.9. The van der Waals surface area contributed by atoms with Crippen LogP contribution in [0.5, 0.6) is 0 Å². The van der Waals surface area contributed by atoms with E-state index in [4.69, 9.17) is 0 Å². The molecule has 1 fully saturated rings. The summed E-state index contributed by atoms with van der Waals surface area (Å²) in [5.74, 6) is 0. The molecular formula is C13H21BrN2O2S2. The second-order valence-corrected chi connectivity index (χ2v) is 9.54. The summed E-state index contributed by atoms with van der Waals surface area (Å²) in [6.45, 7) is 6.14. The van der Waals surface area contributed by atoms with Gasteiger partial charge in [0.1, 0.15) is 0 Å². The van der Waals surface area contributed by atoms with Crippen LogP contribution in [-0.2, 0) is 10.0 Å². The molecule has 0 aliphatic carbocycles. The van der Waals surface area contributed by atoms with E-state index in [9.17, 15) is 8.42 Å². The molecule has 1 aromatic rings. The predicted octanol–water partition coefficient (Wildman–Crippen LogP) is 2.97. The molecule has 1 aromatic heterocycles. The van der Waals surface area contributed by atoms with E-state index >= 15 is 0 Å². The number of likely N-dealkylation sites (N-methyl/N-ethyl adjacent to an activating group) is 1. The SMILES string of the molecule is CCNCC1CCCCN1S(=O)(=O)c1cc(Br)sc1C. The van der Waals surface area contributed by atoms with Crippen LogP contribution in [-0.4, -0.2) is 38.4 Å². The van der Waals surface area contributed by atoms with Crippen LogP contribution in [0.1, 0.15) is 31.1 Å². The summed E-state index contributed by atoms with van der Waals surface area (Å²) in [5.41, 5.74) is 0. The number of piperidine rings is 1. The van der Waals surface area contributed by atoms with E-state index in [2.05, 4.69) is 21.2 Å². The summed E-state index contributed by atoms with van der Waals surface area (Å²) in [4.78, 5) is 1.31. The number of nitrogens with one attached hydrogen (secondary N) is 1. The number of halogens is 1. The minimum absolute atomic E-state index is 0.0757. The molecule has 4 nitrogen and oxygen atoms in total. The van der Waals surface area contributed by atoms with Gasteiger partial charge in [-0.15, -0.1) is 11.3 Å². The number of nitrogens with zero attached hydrogens (tertiary/aromatic N) is 1. The largest absolute Gasteiger partial charge is 0.315 e. The molecule has 0 saturated carbocycles. The molecule has 1 saturated heterocycles. The summed E-state index contributed by atoms with van der Waals surface area (Å²) in [7, 11) is -3.38. The molecule has 20 heavy (non-hydrogen) atoms. The number of hydrogen-bond acceptors (Lipinski definition) is 4. The van der Waals surface area contributed by atoms with Gasteiger partial charge in [-0.2, -0.15) is 4.31 Å². The maximum absolute atomic E-state index is 12.9. The highest BCUT2D eigenvalue weighted by molar-refractivity contribution is 9.11. The summed E-state index contributed by atoms with van der Waals surface area (Å²) < 4.78 is 28.3. The van der Waals surface area contributed by atoms with Crippen LogP contribution in [0, 0.1) is 6.92 Å². The average molecular weight is 381 g/mol. The van der Waals surface area contributed by atoms with E-state index in [-0.39, 0.29) is 6.04 Å². The topological polar surface area (TPSA) is 49.4 Å². The Kier molecular flexibility index (Phi) is 5.64. The molecule has 2 heterocycles. The molecule has 1 N–H and O–H groups in total. The van der Waals surface area contributed by atoms with Crippen LogP contribution in [0.2, 0.25) is 0 Å². The number of hydrogen-bond donors (Lipinski definition) is 1. The standard InChI is InChI=1S/C13H21BrN2O2S2/c1-3-15-9-11-6-4-5-7-16(11)20(17,18)12-8-13(14)19-10(12)2/h8,11,15H,3-7,9H2,1-2H3. The lowest BCUT2D eigenvalue weighted by atomic mass is 10.1. The number of aryl methyl sites for hydroxylation is 1. The Morgan fingerprint density at radius 2 is 2.25 bits per heavy atom. The van der Waals surface area contributed by atoms with Crippen molar-refractivity contribution in [2.75, 3.05) is 19.6 Å². The van der Waals surface area contributed by atoms with E-state index in [1.54, 1.807) is 10.4 Å². The fourth-order valence-electron chi connectivity index (χ4n) is 2.62. The van der Waals surface area contributed by atoms with Crippen LogP contribution in [0.3, 0.4) is 0 Å². The lowest BCUT2D eigenvalue weighted by Crippen LogP contribution is -2.48. The summed E-state index contributed by atoms with van der Waals surface area (Å²) >= 11 is 4.85. The smallest absolute Gasteiger partial charge is 0.244 e. The maximum Gasteiger partial charge on any atom is 0.244 e. The van der Waals surface area contributed by atoms with Gasteiger partial charge in [0.15, 0.2) is 0 Å². The predicted molar refractivity (Wildman–Crippen MR) is 86.8 cm³/mol. The van der Waals surface area contributed by atoms with E-state index in [0.717, 1.165) is 41.0 Å². The van der Waals surface area contributed by atoms with Crippen molar-refractivity contribution in [3.05, 3.63) is 14.7 Å². The normalized spacial score (nSPS) is 21.2. The fourth-order valence-corrected chi connectivity index (χ4v) is 6.70. The third-order valence-corrected chi connectivity index (χ3v) is 7.39. The van der Waals surface area contributed by atoms with Crippen LogP contribution in [0.4, 0.5) is 0 Å². The molecule has 0 spiro atoms. The Hall–Kier alpha value is 0.0500. The van der Waals surface area contributed by atoms with Gasteiger partial charge in [-0.3, -0.25) is 0 Å². The molecule has 114 valence electrons. The third-order valence-electron chi connectivity index (χ3n) is 3.63. The second-order valence-electron chi connectivity index (χ2n) is 5.04. The van der Waals surface area contributed by atoms with Crippen LogP contribution >= 0.6 is 27.3 Å². The summed E-state index contributed by atoms with van der Waals surface area (Å²) in [6.07, 6.45) is 3.00. The second kappa shape index (κ2) is 6.87. The van der Waals surface area contributed by atoms with E-state index < -0.39 is 10.0 Å². The van der Waals surface area contributed by atoms with Crippen LogP contribution < -0.4 is 5.32 Å². The molecule has 1 aliphatic heterocycles. The zero-order valence-corrected chi connectivity index (χ0v) is 15.1. The van der Waals surface area contributed by atoms with Crippen molar-refractivity contribution >= 4 is 37.3 Å². The summed E-state index contributed by atoms with van der Waals surface area (Å²) in [5, 5.41) is 3.28.